The Morgan fingerprint density at radius 2 is 2.00 bits per heavy atom. The summed E-state index contributed by atoms with van der Waals surface area (Å²) in [5.41, 5.74) is 3.60. The van der Waals surface area contributed by atoms with E-state index >= 15 is 0 Å². The molecule has 1 saturated heterocycles. The van der Waals surface area contributed by atoms with Gasteiger partial charge in [0.2, 0.25) is 0 Å². The molecule has 156 valence electrons. The Bertz CT molecular complexity index is 1020. The maximum atomic E-state index is 13.0. The van der Waals surface area contributed by atoms with Crippen molar-refractivity contribution >= 4 is 17.4 Å². The van der Waals surface area contributed by atoms with Crippen molar-refractivity contribution in [3.63, 3.8) is 0 Å². The molecule has 2 aromatic carbocycles. The maximum Gasteiger partial charge on any atom is 0.295 e. The molecule has 1 N–H and O–H groups in total. The number of aliphatic hydroxyl groups is 1. The quantitative estimate of drug-likeness (QED) is 0.332. The predicted molar refractivity (Wildman–Crippen MR) is 115 cm³/mol. The van der Waals surface area contributed by atoms with Gasteiger partial charge in [-0.25, -0.2) is 0 Å². The Labute approximate surface area is 177 Å². The van der Waals surface area contributed by atoms with Crippen LogP contribution in [0.1, 0.15) is 54.5 Å². The van der Waals surface area contributed by atoms with Crippen LogP contribution in [0.25, 0.3) is 5.76 Å². The molecule has 1 fully saturated rings. The van der Waals surface area contributed by atoms with Gasteiger partial charge in [0.25, 0.3) is 11.7 Å². The second-order valence-corrected chi connectivity index (χ2v) is 8.03. The average molecular weight is 405 g/mol. The fraction of sp³-hybridized carbons (Fsp3) is 0.360. The van der Waals surface area contributed by atoms with E-state index in [0.717, 1.165) is 48.1 Å². The molecule has 0 aliphatic carbocycles. The number of ketones is 1. The minimum absolute atomic E-state index is 0.118. The zero-order valence-electron chi connectivity index (χ0n) is 17.5. The van der Waals surface area contributed by atoms with Crippen LogP contribution >= 0.6 is 0 Å². The Morgan fingerprint density at radius 1 is 1.17 bits per heavy atom. The third-order valence-corrected chi connectivity index (χ3v) is 5.86. The Morgan fingerprint density at radius 3 is 2.77 bits per heavy atom. The van der Waals surface area contributed by atoms with Gasteiger partial charge in [0.05, 0.1) is 18.2 Å². The number of hydrogen-bond donors (Lipinski definition) is 1. The molecule has 4 rings (SSSR count). The summed E-state index contributed by atoms with van der Waals surface area (Å²) in [6, 6.07) is 12.6. The molecule has 2 aliphatic rings. The largest absolute Gasteiger partial charge is 0.507 e. The first-order valence-electron chi connectivity index (χ1n) is 10.6. The molecule has 2 aliphatic heterocycles. The number of aliphatic hydroxyl groups excluding tert-OH is 1. The SMILES string of the molecule is CCCCCN1C(=O)C(=O)/C(=C(\O)c2ccc3c(c2)CCO3)C1c1cccc(C)c1. The molecular weight excluding hydrogens is 378 g/mol. The average Bonchev–Trinajstić information content (AvgIpc) is 3.31. The summed E-state index contributed by atoms with van der Waals surface area (Å²) in [6.07, 6.45) is 3.59. The lowest BCUT2D eigenvalue weighted by Crippen LogP contribution is -2.30. The number of unbranched alkanes of at least 4 members (excludes halogenated alkanes) is 2. The maximum absolute atomic E-state index is 13.0. The van der Waals surface area contributed by atoms with Gasteiger partial charge in [0.15, 0.2) is 0 Å². The Balaban J connectivity index is 1.81. The van der Waals surface area contributed by atoms with Crippen molar-refractivity contribution < 1.29 is 19.4 Å². The normalized spacial score (nSPS) is 19.8. The number of fused-ring (bicyclic) bond motifs is 1. The van der Waals surface area contributed by atoms with Crippen LogP contribution in [-0.4, -0.2) is 34.8 Å². The van der Waals surface area contributed by atoms with Gasteiger partial charge >= 0.3 is 0 Å². The minimum Gasteiger partial charge on any atom is -0.507 e. The van der Waals surface area contributed by atoms with Gasteiger partial charge in [-0.15, -0.1) is 0 Å². The molecule has 2 aromatic rings. The number of hydrogen-bond acceptors (Lipinski definition) is 4. The number of carbonyl (C=O) groups is 2. The molecule has 5 heteroatoms. The number of carbonyl (C=O) groups excluding carboxylic acids is 2. The zero-order chi connectivity index (χ0) is 21.3. The van der Waals surface area contributed by atoms with Crippen molar-refractivity contribution in [2.24, 2.45) is 0 Å². The van der Waals surface area contributed by atoms with E-state index in [9.17, 15) is 14.7 Å². The number of aryl methyl sites for hydroxylation is 1. The third-order valence-electron chi connectivity index (χ3n) is 5.86. The molecular formula is C25H27NO4. The van der Waals surface area contributed by atoms with Gasteiger partial charge < -0.3 is 14.7 Å². The molecule has 0 radical (unpaired) electrons. The minimum atomic E-state index is -0.618. The van der Waals surface area contributed by atoms with E-state index in [2.05, 4.69) is 6.92 Å². The monoisotopic (exact) mass is 405 g/mol. The first-order chi connectivity index (χ1) is 14.5. The van der Waals surface area contributed by atoms with Crippen molar-refractivity contribution in [1.29, 1.82) is 0 Å². The molecule has 1 unspecified atom stereocenters. The van der Waals surface area contributed by atoms with Crippen LogP contribution in [0.15, 0.2) is 48.0 Å². The van der Waals surface area contributed by atoms with E-state index in [1.165, 1.54) is 0 Å². The molecule has 0 spiro atoms. The summed E-state index contributed by atoms with van der Waals surface area (Å²) in [7, 11) is 0. The highest BCUT2D eigenvalue weighted by atomic mass is 16.5. The van der Waals surface area contributed by atoms with Crippen LogP contribution in [-0.2, 0) is 16.0 Å². The summed E-state index contributed by atoms with van der Waals surface area (Å²) in [4.78, 5) is 27.6. The number of amides is 1. The number of benzene rings is 2. The molecule has 2 heterocycles. The molecule has 0 bridgehead atoms. The topological polar surface area (TPSA) is 66.8 Å². The fourth-order valence-corrected chi connectivity index (χ4v) is 4.32. The van der Waals surface area contributed by atoms with Gasteiger partial charge in [0, 0.05) is 18.5 Å². The summed E-state index contributed by atoms with van der Waals surface area (Å²) in [5, 5.41) is 11.2. The Kier molecular flexibility index (Phi) is 5.62. The molecule has 0 saturated carbocycles. The number of Topliss-reactive ketones (excluding diaryl/α,β-unsaturated/α-hetero) is 1. The van der Waals surface area contributed by atoms with Crippen LogP contribution in [0.3, 0.4) is 0 Å². The molecule has 1 amide bonds. The number of likely N-dealkylation sites (tertiary alicyclic amines) is 1. The fourth-order valence-electron chi connectivity index (χ4n) is 4.32. The lowest BCUT2D eigenvalue weighted by molar-refractivity contribution is -0.139. The highest BCUT2D eigenvalue weighted by Gasteiger charge is 2.45. The van der Waals surface area contributed by atoms with Crippen molar-refractivity contribution in [1.82, 2.24) is 4.90 Å². The van der Waals surface area contributed by atoms with E-state index in [-0.39, 0.29) is 11.3 Å². The zero-order valence-corrected chi connectivity index (χ0v) is 17.5. The smallest absolute Gasteiger partial charge is 0.295 e. The molecule has 1 atom stereocenters. The number of rotatable bonds is 6. The third kappa shape index (κ3) is 3.60. The first-order valence-corrected chi connectivity index (χ1v) is 10.6. The highest BCUT2D eigenvalue weighted by molar-refractivity contribution is 6.46. The van der Waals surface area contributed by atoms with Gasteiger partial charge in [-0.1, -0.05) is 49.6 Å². The molecule has 5 nitrogen and oxygen atoms in total. The highest BCUT2D eigenvalue weighted by Crippen LogP contribution is 2.40. The standard InChI is InChI=1S/C25H27NO4/c1-3-4-5-12-26-22(18-8-6-7-16(2)14-18)21(24(28)25(26)29)23(27)19-9-10-20-17(15-19)11-13-30-20/h6-10,14-15,22,27H,3-5,11-13H2,1-2H3/b23-21-. The summed E-state index contributed by atoms with van der Waals surface area (Å²) in [5.74, 6) is -0.467. The van der Waals surface area contributed by atoms with Crippen LogP contribution in [0, 0.1) is 6.92 Å². The number of nitrogens with zero attached hydrogens (tertiary/aromatic N) is 1. The summed E-state index contributed by atoms with van der Waals surface area (Å²) in [6.45, 7) is 5.19. The Hall–Kier alpha value is -3.08. The van der Waals surface area contributed by atoms with E-state index < -0.39 is 17.7 Å². The summed E-state index contributed by atoms with van der Waals surface area (Å²) < 4.78 is 5.55. The first kappa shape index (κ1) is 20.2. The van der Waals surface area contributed by atoms with E-state index in [1.54, 1.807) is 11.0 Å². The van der Waals surface area contributed by atoms with Crippen molar-refractivity contribution in [3.8, 4) is 5.75 Å². The predicted octanol–water partition coefficient (Wildman–Crippen LogP) is 4.54. The van der Waals surface area contributed by atoms with E-state index in [1.807, 2.05) is 43.3 Å². The van der Waals surface area contributed by atoms with Crippen LogP contribution < -0.4 is 4.74 Å². The van der Waals surface area contributed by atoms with Gasteiger partial charge in [-0.2, -0.15) is 0 Å². The molecule has 30 heavy (non-hydrogen) atoms. The lowest BCUT2D eigenvalue weighted by Gasteiger charge is -2.25. The van der Waals surface area contributed by atoms with E-state index in [4.69, 9.17) is 4.74 Å². The van der Waals surface area contributed by atoms with Crippen LogP contribution in [0.5, 0.6) is 5.75 Å². The van der Waals surface area contributed by atoms with Crippen molar-refractivity contribution in [3.05, 3.63) is 70.3 Å². The van der Waals surface area contributed by atoms with Gasteiger partial charge in [0.1, 0.15) is 11.5 Å². The second kappa shape index (κ2) is 8.34. The van der Waals surface area contributed by atoms with Gasteiger partial charge in [-0.05, 0) is 42.7 Å². The van der Waals surface area contributed by atoms with Crippen LogP contribution in [0.4, 0.5) is 0 Å². The van der Waals surface area contributed by atoms with Crippen LogP contribution in [0.2, 0.25) is 0 Å². The lowest BCUT2D eigenvalue weighted by atomic mass is 9.93. The number of ether oxygens (including phenoxy) is 1. The molecule has 0 aromatic heterocycles. The van der Waals surface area contributed by atoms with Gasteiger partial charge in [-0.3, -0.25) is 9.59 Å². The second-order valence-electron chi connectivity index (χ2n) is 8.03. The van der Waals surface area contributed by atoms with E-state index in [0.29, 0.717) is 18.7 Å². The summed E-state index contributed by atoms with van der Waals surface area (Å²) >= 11 is 0. The van der Waals surface area contributed by atoms with Crippen molar-refractivity contribution in [2.45, 2.75) is 45.6 Å². The van der Waals surface area contributed by atoms with Crippen molar-refractivity contribution in [2.75, 3.05) is 13.2 Å².